The molecule has 7 heteroatoms. The van der Waals surface area contributed by atoms with Gasteiger partial charge < -0.3 is 29.6 Å². The lowest BCUT2D eigenvalue weighted by molar-refractivity contribution is -0.0232. The number of phenolic OH excluding ortho intramolecular Hbond substituents is 3. The van der Waals surface area contributed by atoms with E-state index in [9.17, 15) is 25.2 Å². The van der Waals surface area contributed by atoms with E-state index in [0.717, 1.165) is 5.57 Å². The molecule has 1 aliphatic heterocycles. The van der Waals surface area contributed by atoms with Crippen LogP contribution in [0.25, 0.3) is 22.1 Å². The zero-order valence-corrected chi connectivity index (χ0v) is 18.4. The molecule has 2 aromatic carbocycles. The van der Waals surface area contributed by atoms with Crippen molar-refractivity contribution in [2.45, 2.75) is 52.2 Å². The zero-order valence-electron chi connectivity index (χ0n) is 18.4. The van der Waals surface area contributed by atoms with Crippen LogP contribution in [0.2, 0.25) is 0 Å². The summed E-state index contributed by atoms with van der Waals surface area (Å²) in [5, 5.41) is 41.0. The van der Waals surface area contributed by atoms with Crippen LogP contribution in [0.3, 0.4) is 0 Å². The first-order valence-electron chi connectivity index (χ1n) is 10.4. The standard InChI is InChI=1S/C25H26O7/c1-12(2)5-7-14-23-15(10-19(32-23)25(3,4)30)21(28)20-22(29)16(11-31-24(14)20)13-6-8-17(26)18(27)9-13/h5-6,8-9,11,19,26-28,30H,7,10H2,1-4H3/t19-/m1/s1. The number of rotatable bonds is 4. The first kappa shape index (κ1) is 21.8. The number of ether oxygens (including phenoxy) is 1. The Hall–Kier alpha value is -3.45. The van der Waals surface area contributed by atoms with Crippen molar-refractivity contribution in [1.29, 1.82) is 0 Å². The second-order valence-corrected chi connectivity index (χ2v) is 8.97. The Balaban J connectivity index is 2.00. The lowest BCUT2D eigenvalue weighted by Crippen LogP contribution is -2.39. The van der Waals surface area contributed by atoms with Crippen molar-refractivity contribution in [3.05, 3.63) is 57.5 Å². The molecule has 0 aliphatic carbocycles. The highest BCUT2D eigenvalue weighted by Gasteiger charge is 2.39. The quantitative estimate of drug-likeness (QED) is 0.357. The minimum absolute atomic E-state index is 0.0194. The van der Waals surface area contributed by atoms with E-state index < -0.39 is 17.1 Å². The highest BCUT2D eigenvalue weighted by atomic mass is 16.5. The van der Waals surface area contributed by atoms with Gasteiger partial charge >= 0.3 is 0 Å². The van der Waals surface area contributed by atoms with Crippen molar-refractivity contribution in [2.75, 3.05) is 0 Å². The second-order valence-electron chi connectivity index (χ2n) is 8.97. The monoisotopic (exact) mass is 438 g/mol. The normalized spacial score (nSPS) is 15.5. The maximum absolute atomic E-state index is 13.4. The van der Waals surface area contributed by atoms with E-state index in [1.54, 1.807) is 13.8 Å². The van der Waals surface area contributed by atoms with Gasteiger partial charge in [0.15, 0.2) is 11.5 Å². The van der Waals surface area contributed by atoms with Crippen LogP contribution in [0.5, 0.6) is 23.0 Å². The van der Waals surface area contributed by atoms with Crippen LogP contribution in [-0.4, -0.2) is 32.1 Å². The summed E-state index contributed by atoms with van der Waals surface area (Å²) >= 11 is 0. The zero-order chi connectivity index (χ0) is 23.4. The van der Waals surface area contributed by atoms with Crippen LogP contribution in [0.1, 0.15) is 38.8 Å². The number of phenols is 3. The van der Waals surface area contributed by atoms with Crippen LogP contribution < -0.4 is 10.2 Å². The predicted octanol–water partition coefficient (Wildman–Crippen LogP) is 4.16. The Labute approximate surface area is 184 Å². The summed E-state index contributed by atoms with van der Waals surface area (Å²) in [6.07, 6.45) is 3.32. The molecular weight excluding hydrogens is 412 g/mol. The molecular formula is C25H26O7. The number of hydrogen-bond acceptors (Lipinski definition) is 7. The van der Waals surface area contributed by atoms with E-state index in [2.05, 4.69) is 0 Å². The highest BCUT2D eigenvalue weighted by Crippen LogP contribution is 2.46. The summed E-state index contributed by atoms with van der Waals surface area (Å²) in [6, 6.07) is 4.02. The van der Waals surface area contributed by atoms with Crippen LogP contribution in [0, 0.1) is 0 Å². The molecule has 0 amide bonds. The van der Waals surface area contributed by atoms with Gasteiger partial charge in [-0.3, -0.25) is 4.79 Å². The lowest BCUT2D eigenvalue weighted by Gasteiger charge is -2.24. The number of aliphatic hydroxyl groups is 1. The highest BCUT2D eigenvalue weighted by molar-refractivity contribution is 5.93. The first-order chi connectivity index (χ1) is 15.0. The van der Waals surface area contributed by atoms with Crippen molar-refractivity contribution >= 4 is 11.0 Å². The maximum Gasteiger partial charge on any atom is 0.204 e. The Morgan fingerprint density at radius 3 is 2.53 bits per heavy atom. The Morgan fingerprint density at radius 2 is 1.91 bits per heavy atom. The Kier molecular flexibility index (Phi) is 5.17. The fourth-order valence-electron chi connectivity index (χ4n) is 3.93. The minimum atomic E-state index is -1.16. The molecule has 0 saturated heterocycles. The molecule has 1 aromatic heterocycles. The number of fused-ring (bicyclic) bond motifs is 2. The molecule has 1 aliphatic rings. The van der Waals surface area contributed by atoms with Gasteiger partial charge in [0.25, 0.3) is 0 Å². The third kappa shape index (κ3) is 3.58. The molecule has 0 saturated carbocycles. The largest absolute Gasteiger partial charge is 0.507 e. The fourth-order valence-corrected chi connectivity index (χ4v) is 3.93. The average Bonchev–Trinajstić information content (AvgIpc) is 3.16. The van der Waals surface area contributed by atoms with Gasteiger partial charge in [-0.1, -0.05) is 17.7 Å². The molecule has 0 bridgehead atoms. The van der Waals surface area contributed by atoms with E-state index in [0.29, 0.717) is 28.9 Å². The Bertz CT molecular complexity index is 1300. The summed E-state index contributed by atoms with van der Waals surface area (Å²) in [4.78, 5) is 13.4. The third-order valence-corrected chi connectivity index (χ3v) is 5.78. The molecule has 7 nitrogen and oxygen atoms in total. The molecule has 0 unspecified atom stereocenters. The van der Waals surface area contributed by atoms with Gasteiger partial charge in [0.05, 0.1) is 11.2 Å². The van der Waals surface area contributed by atoms with E-state index in [-0.39, 0.29) is 40.2 Å². The second kappa shape index (κ2) is 7.60. The van der Waals surface area contributed by atoms with Gasteiger partial charge in [0, 0.05) is 17.5 Å². The van der Waals surface area contributed by atoms with E-state index in [1.807, 2.05) is 19.9 Å². The average molecular weight is 438 g/mol. The number of aromatic hydroxyl groups is 3. The van der Waals surface area contributed by atoms with E-state index in [1.165, 1.54) is 24.5 Å². The van der Waals surface area contributed by atoms with Crippen LogP contribution in [0.15, 0.2) is 45.3 Å². The number of benzene rings is 2. The van der Waals surface area contributed by atoms with Gasteiger partial charge in [-0.25, -0.2) is 0 Å². The SMILES string of the molecule is CC(C)=CCc1c2c(c(O)c3c(=O)c(-c4ccc(O)c(O)c4)coc13)C[C@H](C(C)(C)O)O2. The van der Waals surface area contributed by atoms with Crippen LogP contribution in [0.4, 0.5) is 0 Å². The van der Waals surface area contributed by atoms with Crippen LogP contribution in [-0.2, 0) is 12.8 Å². The summed E-state index contributed by atoms with van der Waals surface area (Å²) in [6.45, 7) is 7.17. The van der Waals surface area contributed by atoms with Gasteiger partial charge in [0.2, 0.25) is 5.43 Å². The van der Waals surface area contributed by atoms with E-state index in [4.69, 9.17) is 9.15 Å². The van der Waals surface area contributed by atoms with Crippen LogP contribution >= 0.6 is 0 Å². The Morgan fingerprint density at radius 1 is 1.19 bits per heavy atom. The molecule has 4 rings (SSSR count). The molecule has 1 atom stereocenters. The van der Waals surface area contributed by atoms with E-state index >= 15 is 0 Å². The first-order valence-corrected chi connectivity index (χ1v) is 10.4. The van der Waals surface area contributed by atoms with Gasteiger partial charge in [-0.15, -0.1) is 0 Å². The molecule has 4 N–H and O–H groups in total. The number of hydrogen-bond donors (Lipinski definition) is 4. The van der Waals surface area contributed by atoms with Gasteiger partial charge in [0.1, 0.15) is 34.8 Å². The molecule has 2 heterocycles. The summed E-state index contributed by atoms with van der Waals surface area (Å²) in [5.41, 5.74) is 1.21. The van der Waals surface area contributed by atoms with Crippen molar-refractivity contribution < 1.29 is 29.6 Å². The van der Waals surface area contributed by atoms with Gasteiger partial charge in [-0.05, 0) is 51.8 Å². The predicted molar refractivity (Wildman–Crippen MR) is 120 cm³/mol. The maximum atomic E-state index is 13.4. The lowest BCUT2D eigenvalue weighted by atomic mass is 9.93. The molecule has 32 heavy (non-hydrogen) atoms. The minimum Gasteiger partial charge on any atom is -0.507 e. The summed E-state index contributed by atoms with van der Waals surface area (Å²) in [5.74, 6) is -0.483. The van der Waals surface area contributed by atoms with Crippen molar-refractivity contribution in [2.24, 2.45) is 0 Å². The summed E-state index contributed by atoms with van der Waals surface area (Å²) in [7, 11) is 0. The number of allylic oxidation sites excluding steroid dienone is 2. The van der Waals surface area contributed by atoms with Crippen molar-refractivity contribution in [3.8, 4) is 34.1 Å². The molecule has 0 fully saturated rings. The molecule has 0 radical (unpaired) electrons. The topological polar surface area (TPSA) is 120 Å². The summed E-state index contributed by atoms with van der Waals surface area (Å²) < 4.78 is 11.9. The van der Waals surface area contributed by atoms with Crippen molar-refractivity contribution in [3.63, 3.8) is 0 Å². The molecule has 3 aromatic rings. The smallest absolute Gasteiger partial charge is 0.204 e. The van der Waals surface area contributed by atoms with Crippen molar-refractivity contribution in [1.82, 2.24) is 0 Å². The third-order valence-electron chi connectivity index (χ3n) is 5.78. The molecule has 0 spiro atoms. The van der Waals surface area contributed by atoms with Gasteiger partial charge in [-0.2, -0.15) is 0 Å². The molecule has 168 valence electrons. The fraction of sp³-hybridized carbons (Fsp3) is 0.320.